The van der Waals surface area contributed by atoms with Crippen molar-refractivity contribution in [1.29, 1.82) is 0 Å². The van der Waals surface area contributed by atoms with E-state index in [2.05, 4.69) is 66.6 Å². The first-order valence-corrected chi connectivity index (χ1v) is 13.0. The molecule has 4 rings (SSSR count). The number of anilines is 4. The summed E-state index contributed by atoms with van der Waals surface area (Å²) in [6.07, 6.45) is 6.40. The van der Waals surface area contributed by atoms with Crippen molar-refractivity contribution in [2.45, 2.75) is 32.2 Å². The molecule has 4 N–H and O–H groups in total. The predicted octanol–water partition coefficient (Wildman–Crippen LogP) is 3.07. The Hall–Kier alpha value is -3.02. The third-order valence-electron chi connectivity index (χ3n) is 5.45. The molecule has 3 heterocycles. The standard InChI is InChI=1S/C22H27ClN8O2S/c1-22(2)13-24-7-6-14-10-15(4-5-16(14)22)29-21-28-11-17(23)19(30-21)27-12-18-20(26-9-8-25-18)31-34(3,32)33/h4-5,8-11,24H,6-7,12-13H2,1-3H3,(H,26,31)(H2,27,28,29,30). The third-order valence-corrected chi connectivity index (χ3v) is 6.29. The maximum atomic E-state index is 11.6. The van der Waals surface area contributed by atoms with E-state index in [-0.39, 0.29) is 17.8 Å². The molecule has 0 fully saturated rings. The first-order valence-electron chi connectivity index (χ1n) is 10.8. The second kappa shape index (κ2) is 9.69. The van der Waals surface area contributed by atoms with Crippen LogP contribution in [-0.2, 0) is 28.4 Å². The highest BCUT2D eigenvalue weighted by Crippen LogP contribution is 2.31. The molecule has 1 aliphatic rings. The molecule has 1 aromatic carbocycles. The van der Waals surface area contributed by atoms with Gasteiger partial charge in [-0.1, -0.05) is 31.5 Å². The fourth-order valence-corrected chi connectivity index (χ4v) is 4.54. The van der Waals surface area contributed by atoms with Crippen LogP contribution in [0.15, 0.2) is 36.8 Å². The number of fused-ring (bicyclic) bond motifs is 1. The van der Waals surface area contributed by atoms with Gasteiger partial charge < -0.3 is 16.0 Å². The number of benzene rings is 1. The molecule has 0 saturated heterocycles. The molecule has 34 heavy (non-hydrogen) atoms. The summed E-state index contributed by atoms with van der Waals surface area (Å²) in [6.45, 7) is 6.51. The van der Waals surface area contributed by atoms with Crippen molar-refractivity contribution >= 4 is 44.9 Å². The summed E-state index contributed by atoms with van der Waals surface area (Å²) >= 11 is 6.29. The van der Waals surface area contributed by atoms with Crippen LogP contribution < -0.4 is 20.7 Å². The molecule has 180 valence electrons. The highest BCUT2D eigenvalue weighted by molar-refractivity contribution is 7.92. The van der Waals surface area contributed by atoms with Crippen LogP contribution in [0.25, 0.3) is 0 Å². The number of rotatable bonds is 7. The van der Waals surface area contributed by atoms with E-state index in [1.54, 1.807) is 0 Å². The summed E-state index contributed by atoms with van der Waals surface area (Å²) in [7, 11) is -3.49. The van der Waals surface area contributed by atoms with Gasteiger partial charge in [0, 0.05) is 30.0 Å². The lowest BCUT2D eigenvalue weighted by molar-refractivity contribution is 0.488. The summed E-state index contributed by atoms with van der Waals surface area (Å²) in [5.41, 5.74) is 3.98. The Bertz CT molecular complexity index is 1300. The molecule has 0 unspecified atom stereocenters. The van der Waals surface area contributed by atoms with Crippen LogP contribution in [0.4, 0.5) is 23.3 Å². The second-order valence-electron chi connectivity index (χ2n) is 8.78. The fraction of sp³-hybridized carbons (Fsp3) is 0.364. The van der Waals surface area contributed by atoms with Crippen molar-refractivity contribution in [1.82, 2.24) is 25.3 Å². The lowest BCUT2D eigenvalue weighted by atomic mass is 9.82. The molecule has 0 spiro atoms. The first-order chi connectivity index (χ1) is 16.1. The van der Waals surface area contributed by atoms with Crippen molar-refractivity contribution in [2.24, 2.45) is 0 Å². The third kappa shape index (κ3) is 5.91. The maximum Gasteiger partial charge on any atom is 0.231 e. The number of hydrogen-bond donors (Lipinski definition) is 4. The van der Waals surface area contributed by atoms with Gasteiger partial charge in [0.25, 0.3) is 0 Å². The van der Waals surface area contributed by atoms with E-state index in [0.29, 0.717) is 22.5 Å². The molecule has 2 aromatic heterocycles. The number of nitrogens with one attached hydrogen (secondary N) is 4. The monoisotopic (exact) mass is 502 g/mol. The molecule has 0 aliphatic carbocycles. The van der Waals surface area contributed by atoms with Crippen molar-refractivity contribution in [3.8, 4) is 0 Å². The molecule has 0 saturated carbocycles. The van der Waals surface area contributed by atoms with Gasteiger partial charge in [0.1, 0.15) is 10.7 Å². The normalized spacial score (nSPS) is 15.2. The molecular formula is C22H27ClN8O2S. The molecule has 0 amide bonds. The minimum atomic E-state index is -3.49. The smallest absolute Gasteiger partial charge is 0.231 e. The maximum absolute atomic E-state index is 11.6. The van der Waals surface area contributed by atoms with Crippen LogP contribution in [0.2, 0.25) is 5.02 Å². The van der Waals surface area contributed by atoms with E-state index < -0.39 is 10.0 Å². The number of sulfonamides is 1. The van der Waals surface area contributed by atoms with Crippen LogP contribution in [0.3, 0.4) is 0 Å². The highest BCUT2D eigenvalue weighted by atomic mass is 35.5. The molecule has 0 atom stereocenters. The first kappa shape index (κ1) is 24.1. The Balaban J connectivity index is 1.51. The Morgan fingerprint density at radius 2 is 1.94 bits per heavy atom. The number of nitrogens with zero attached hydrogens (tertiary/aromatic N) is 4. The highest BCUT2D eigenvalue weighted by Gasteiger charge is 2.25. The molecule has 10 nitrogen and oxygen atoms in total. The molecule has 3 aromatic rings. The van der Waals surface area contributed by atoms with E-state index in [1.165, 1.54) is 29.7 Å². The zero-order valence-corrected chi connectivity index (χ0v) is 20.8. The van der Waals surface area contributed by atoms with Crippen LogP contribution in [0, 0.1) is 0 Å². The zero-order valence-electron chi connectivity index (χ0n) is 19.2. The molecule has 12 heteroatoms. The van der Waals surface area contributed by atoms with E-state index in [0.717, 1.165) is 31.5 Å². The summed E-state index contributed by atoms with van der Waals surface area (Å²) in [6, 6.07) is 6.32. The summed E-state index contributed by atoms with van der Waals surface area (Å²) < 4.78 is 25.5. The van der Waals surface area contributed by atoms with E-state index in [9.17, 15) is 8.42 Å². The summed E-state index contributed by atoms with van der Waals surface area (Å²) in [4.78, 5) is 17.0. The Kier molecular flexibility index (Phi) is 6.87. The van der Waals surface area contributed by atoms with Gasteiger partial charge in [-0.15, -0.1) is 0 Å². The second-order valence-corrected chi connectivity index (χ2v) is 10.9. The Labute approximate surface area is 204 Å². The van der Waals surface area contributed by atoms with Gasteiger partial charge in [-0.05, 0) is 36.2 Å². The predicted molar refractivity (Wildman–Crippen MR) is 134 cm³/mol. The van der Waals surface area contributed by atoms with Crippen molar-refractivity contribution in [3.63, 3.8) is 0 Å². The van der Waals surface area contributed by atoms with E-state index in [4.69, 9.17) is 11.6 Å². The average molecular weight is 503 g/mol. The van der Waals surface area contributed by atoms with Gasteiger partial charge in [0.2, 0.25) is 16.0 Å². The van der Waals surface area contributed by atoms with Gasteiger partial charge in [-0.2, -0.15) is 4.98 Å². The Morgan fingerprint density at radius 1 is 1.15 bits per heavy atom. The van der Waals surface area contributed by atoms with E-state index >= 15 is 0 Å². The van der Waals surface area contributed by atoms with Gasteiger partial charge in [-0.25, -0.2) is 18.4 Å². The summed E-state index contributed by atoms with van der Waals surface area (Å²) in [5.74, 6) is 0.908. The fourth-order valence-electron chi connectivity index (χ4n) is 3.86. The average Bonchev–Trinajstić information content (AvgIpc) is 2.91. The van der Waals surface area contributed by atoms with Crippen molar-refractivity contribution in [3.05, 3.63) is 58.6 Å². The number of halogens is 1. The van der Waals surface area contributed by atoms with Crippen LogP contribution in [0.1, 0.15) is 30.7 Å². The quantitative estimate of drug-likeness (QED) is 0.384. The topological polar surface area (TPSA) is 134 Å². The van der Waals surface area contributed by atoms with Crippen molar-refractivity contribution in [2.75, 3.05) is 34.7 Å². The minimum absolute atomic E-state index is 0.0589. The molecule has 1 aliphatic heterocycles. The van der Waals surface area contributed by atoms with Gasteiger partial charge in [0.15, 0.2) is 11.6 Å². The molecular weight excluding hydrogens is 476 g/mol. The van der Waals surface area contributed by atoms with Gasteiger partial charge in [-0.3, -0.25) is 9.71 Å². The van der Waals surface area contributed by atoms with Crippen LogP contribution in [0.5, 0.6) is 0 Å². The van der Waals surface area contributed by atoms with Crippen LogP contribution >= 0.6 is 11.6 Å². The number of hydrogen-bond acceptors (Lipinski definition) is 9. The Morgan fingerprint density at radius 3 is 2.74 bits per heavy atom. The lowest BCUT2D eigenvalue weighted by Crippen LogP contribution is -2.31. The SMILES string of the molecule is CC1(C)CNCCc2cc(Nc3ncc(Cl)c(NCc4nccnc4NS(C)(=O)=O)n3)ccc21. The van der Waals surface area contributed by atoms with Gasteiger partial charge in [0.05, 0.1) is 19.0 Å². The van der Waals surface area contributed by atoms with Crippen molar-refractivity contribution < 1.29 is 8.42 Å². The molecule has 0 bridgehead atoms. The lowest BCUT2D eigenvalue weighted by Gasteiger charge is -2.25. The largest absolute Gasteiger partial charge is 0.363 e. The summed E-state index contributed by atoms with van der Waals surface area (Å²) in [5, 5.41) is 10.1. The van der Waals surface area contributed by atoms with Crippen LogP contribution in [-0.4, -0.2) is 47.7 Å². The minimum Gasteiger partial charge on any atom is -0.363 e. The number of aromatic nitrogens is 4. The zero-order chi connectivity index (χ0) is 24.3. The van der Waals surface area contributed by atoms with E-state index in [1.807, 2.05) is 6.07 Å². The molecule has 0 radical (unpaired) electrons. The van der Waals surface area contributed by atoms with Gasteiger partial charge >= 0.3 is 0 Å².